The molecule has 0 fully saturated rings. The fourth-order valence-electron chi connectivity index (χ4n) is 1.77. The molecule has 0 heterocycles. The zero-order valence-corrected chi connectivity index (χ0v) is 13.9. The van der Waals surface area contributed by atoms with Crippen molar-refractivity contribution in [3.05, 3.63) is 35.9 Å². The molecule has 1 aromatic carbocycles. The summed E-state index contributed by atoms with van der Waals surface area (Å²) in [6, 6.07) is 9.83. The lowest BCUT2D eigenvalue weighted by Gasteiger charge is -2.23. The minimum Gasteiger partial charge on any atom is -0.479 e. The molecule has 1 rings (SSSR count). The Morgan fingerprint density at radius 3 is 2.36 bits per heavy atom. The molecule has 0 bridgehead atoms. The maximum Gasteiger partial charge on any atom is 0.337 e. The molecule has 3 N–H and O–H groups in total. The van der Waals surface area contributed by atoms with E-state index in [4.69, 9.17) is 5.11 Å². The minimum absolute atomic E-state index is 0.100. The minimum atomic E-state index is -1.96. The molecule has 1 amide bonds. The van der Waals surface area contributed by atoms with E-state index in [1.54, 1.807) is 0 Å². The van der Waals surface area contributed by atoms with Gasteiger partial charge >= 0.3 is 5.97 Å². The van der Waals surface area contributed by atoms with Crippen LogP contribution in [0.2, 0.25) is 0 Å². The summed E-state index contributed by atoms with van der Waals surface area (Å²) >= 11 is 1.51. The number of hydrogen-bond acceptors (Lipinski definition) is 4. The summed E-state index contributed by atoms with van der Waals surface area (Å²) in [7, 11) is 0. The van der Waals surface area contributed by atoms with Crippen LogP contribution in [-0.4, -0.2) is 39.5 Å². The molecule has 0 aliphatic heterocycles. The van der Waals surface area contributed by atoms with Crippen molar-refractivity contribution in [3.8, 4) is 0 Å². The van der Waals surface area contributed by atoms with Crippen molar-refractivity contribution in [3.63, 3.8) is 0 Å². The predicted octanol–water partition coefficient (Wildman–Crippen LogP) is 1.90. The number of nitrogens with one attached hydrogen (secondary N) is 1. The van der Waals surface area contributed by atoms with Crippen LogP contribution in [-0.2, 0) is 15.3 Å². The highest BCUT2D eigenvalue weighted by Crippen LogP contribution is 2.24. The zero-order chi connectivity index (χ0) is 16.8. The Bertz CT molecular complexity index is 502. The summed E-state index contributed by atoms with van der Waals surface area (Å²) in [6.45, 7) is 4.74. The lowest BCUT2D eigenvalue weighted by molar-refractivity contribution is -0.156. The van der Waals surface area contributed by atoms with Crippen LogP contribution in [0.4, 0.5) is 0 Å². The number of amides is 1. The van der Waals surface area contributed by atoms with E-state index in [-0.39, 0.29) is 23.6 Å². The van der Waals surface area contributed by atoms with Gasteiger partial charge < -0.3 is 15.5 Å². The molecule has 5 nitrogen and oxygen atoms in total. The van der Waals surface area contributed by atoms with Crippen molar-refractivity contribution >= 4 is 23.6 Å². The molecule has 0 aliphatic carbocycles. The number of carbonyl (C=O) groups is 2. The van der Waals surface area contributed by atoms with E-state index in [9.17, 15) is 14.7 Å². The number of carbonyl (C=O) groups excluding carboxylic acids is 1. The predicted molar refractivity (Wildman–Crippen MR) is 87.6 cm³/mol. The molecule has 2 unspecified atom stereocenters. The first-order chi connectivity index (χ1) is 10.2. The van der Waals surface area contributed by atoms with Crippen molar-refractivity contribution in [2.75, 3.05) is 6.54 Å². The number of benzene rings is 1. The fraction of sp³-hybridized carbons (Fsp3) is 0.500. The second-order valence-electron chi connectivity index (χ2n) is 5.76. The van der Waals surface area contributed by atoms with Gasteiger partial charge in [-0.15, -0.1) is 11.8 Å². The Balaban J connectivity index is 2.59. The van der Waals surface area contributed by atoms with Gasteiger partial charge in [0.2, 0.25) is 5.91 Å². The van der Waals surface area contributed by atoms with E-state index in [1.807, 2.05) is 44.2 Å². The molecule has 0 radical (unpaired) electrons. The summed E-state index contributed by atoms with van der Waals surface area (Å²) < 4.78 is 0. The van der Waals surface area contributed by atoms with Gasteiger partial charge in [0.1, 0.15) is 0 Å². The number of hydrogen-bond donors (Lipinski definition) is 3. The molecule has 0 aliphatic rings. The Morgan fingerprint density at radius 2 is 1.86 bits per heavy atom. The van der Waals surface area contributed by atoms with Crippen molar-refractivity contribution in [2.45, 2.75) is 37.4 Å². The lowest BCUT2D eigenvalue weighted by Crippen LogP contribution is -2.49. The topological polar surface area (TPSA) is 86.6 Å². The van der Waals surface area contributed by atoms with Gasteiger partial charge in [0.15, 0.2) is 5.60 Å². The number of aliphatic carboxylic acids is 1. The third-order valence-corrected chi connectivity index (χ3v) is 4.82. The average Bonchev–Trinajstić information content (AvgIpc) is 2.46. The summed E-state index contributed by atoms with van der Waals surface area (Å²) in [6.07, 6.45) is 0. The van der Waals surface area contributed by atoms with Crippen LogP contribution >= 0.6 is 11.8 Å². The first-order valence-corrected chi connectivity index (χ1v) is 8.18. The van der Waals surface area contributed by atoms with Crippen molar-refractivity contribution in [2.24, 2.45) is 5.92 Å². The Hall–Kier alpha value is -1.53. The Morgan fingerprint density at radius 1 is 1.27 bits per heavy atom. The van der Waals surface area contributed by atoms with E-state index in [1.165, 1.54) is 11.8 Å². The van der Waals surface area contributed by atoms with Crippen molar-refractivity contribution < 1.29 is 19.8 Å². The van der Waals surface area contributed by atoms with Gasteiger partial charge in [0.05, 0.1) is 11.8 Å². The molecule has 0 spiro atoms. The second kappa shape index (κ2) is 8.19. The lowest BCUT2D eigenvalue weighted by atomic mass is 10.1. The van der Waals surface area contributed by atoms with Gasteiger partial charge in [-0.2, -0.15) is 0 Å². The molecule has 0 aromatic heterocycles. The monoisotopic (exact) mass is 325 g/mol. The summed E-state index contributed by atoms with van der Waals surface area (Å²) in [5, 5.41) is 20.7. The maximum absolute atomic E-state index is 12.2. The second-order valence-corrected chi connectivity index (χ2v) is 6.89. The SMILES string of the molecule is CC(C)C(SCc1ccccc1)C(=O)NCC(C)(O)C(=O)O. The van der Waals surface area contributed by atoms with E-state index in [2.05, 4.69) is 5.32 Å². The molecular formula is C16H23NO4S. The van der Waals surface area contributed by atoms with Crippen LogP contribution < -0.4 is 5.32 Å². The smallest absolute Gasteiger partial charge is 0.337 e. The molecule has 0 saturated heterocycles. The van der Waals surface area contributed by atoms with Crippen LogP contribution in [0.1, 0.15) is 26.3 Å². The maximum atomic E-state index is 12.2. The molecule has 2 atom stereocenters. The van der Waals surface area contributed by atoms with Gasteiger partial charge in [-0.1, -0.05) is 44.2 Å². The third kappa shape index (κ3) is 5.69. The van der Waals surface area contributed by atoms with Crippen molar-refractivity contribution in [1.82, 2.24) is 5.32 Å². The highest BCUT2D eigenvalue weighted by molar-refractivity contribution is 7.99. The first-order valence-electron chi connectivity index (χ1n) is 7.13. The van der Waals surface area contributed by atoms with Crippen LogP contribution in [0.15, 0.2) is 30.3 Å². The number of carboxylic acids is 1. The Kier molecular flexibility index (Phi) is 6.90. The molecule has 6 heteroatoms. The van der Waals surface area contributed by atoms with E-state index in [0.717, 1.165) is 12.5 Å². The third-order valence-electron chi connectivity index (χ3n) is 3.20. The van der Waals surface area contributed by atoms with Gasteiger partial charge in [-0.05, 0) is 18.4 Å². The highest BCUT2D eigenvalue weighted by atomic mass is 32.2. The number of aliphatic hydroxyl groups is 1. The van der Waals surface area contributed by atoms with Crippen LogP contribution in [0.25, 0.3) is 0 Å². The van der Waals surface area contributed by atoms with Crippen LogP contribution in [0.5, 0.6) is 0 Å². The average molecular weight is 325 g/mol. The summed E-state index contributed by atoms with van der Waals surface area (Å²) in [5.41, 5.74) is -0.829. The normalized spacial score (nSPS) is 15.1. The van der Waals surface area contributed by atoms with Gasteiger partial charge in [0, 0.05) is 5.75 Å². The van der Waals surface area contributed by atoms with Crippen LogP contribution in [0.3, 0.4) is 0 Å². The first kappa shape index (κ1) is 18.5. The van der Waals surface area contributed by atoms with E-state index in [0.29, 0.717) is 5.75 Å². The zero-order valence-electron chi connectivity index (χ0n) is 13.1. The fourth-order valence-corrected chi connectivity index (χ4v) is 2.95. The molecular weight excluding hydrogens is 302 g/mol. The van der Waals surface area contributed by atoms with E-state index >= 15 is 0 Å². The highest BCUT2D eigenvalue weighted by Gasteiger charge is 2.32. The Labute approximate surface area is 135 Å². The number of rotatable bonds is 8. The summed E-state index contributed by atoms with van der Waals surface area (Å²) in [4.78, 5) is 23.1. The molecule has 1 aromatic rings. The van der Waals surface area contributed by atoms with Gasteiger partial charge in [0.25, 0.3) is 0 Å². The van der Waals surface area contributed by atoms with Gasteiger partial charge in [-0.3, -0.25) is 4.79 Å². The summed E-state index contributed by atoms with van der Waals surface area (Å²) in [5.74, 6) is -0.807. The molecule has 0 saturated carbocycles. The van der Waals surface area contributed by atoms with E-state index < -0.39 is 11.6 Å². The standard InChI is InChI=1S/C16H23NO4S/c1-11(2)13(22-9-12-7-5-4-6-8-12)14(18)17-10-16(3,21)15(19)20/h4-8,11,13,21H,9-10H2,1-3H3,(H,17,18)(H,19,20). The van der Waals surface area contributed by atoms with Crippen molar-refractivity contribution in [1.29, 1.82) is 0 Å². The number of thioether (sulfide) groups is 1. The number of carboxylic acid groups (broad SMARTS) is 1. The molecule has 122 valence electrons. The quantitative estimate of drug-likeness (QED) is 0.679. The largest absolute Gasteiger partial charge is 0.479 e. The van der Waals surface area contributed by atoms with Gasteiger partial charge in [-0.25, -0.2) is 4.79 Å². The molecule has 22 heavy (non-hydrogen) atoms. The van der Waals surface area contributed by atoms with Crippen LogP contribution in [0, 0.1) is 5.92 Å².